The molecule has 0 amide bonds. The van der Waals surface area contributed by atoms with E-state index in [4.69, 9.17) is 16.3 Å². The molecule has 1 heterocycles. The number of nitrogens with one attached hydrogen (secondary N) is 1. The molecule has 2 nitrogen and oxygen atoms in total. The van der Waals surface area contributed by atoms with Gasteiger partial charge in [0.15, 0.2) is 11.6 Å². The van der Waals surface area contributed by atoms with Crippen LogP contribution in [0.5, 0.6) is 5.75 Å². The van der Waals surface area contributed by atoms with E-state index in [-0.39, 0.29) is 5.82 Å². The molecule has 0 spiro atoms. The van der Waals surface area contributed by atoms with Crippen molar-refractivity contribution in [2.24, 2.45) is 5.92 Å². The summed E-state index contributed by atoms with van der Waals surface area (Å²) in [6, 6.07) is 3.11. The molecular weight excluding hydrogens is 241 g/mol. The number of methoxy groups -OCH3 is 1. The van der Waals surface area contributed by atoms with Crippen LogP contribution in [-0.4, -0.2) is 20.2 Å². The molecule has 94 valence electrons. The maximum absolute atomic E-state index is 13.6. The summed E-state index contributed by atoms with van der Waals surface area (Å²) in [5.74, 6) is 0.555. The lowest BCUT2D eigenvalue weighted by Gasteiger charge is -2.23. The van der Waals surface area contributed by atoms with Gasteiger partial charge in [-0.1, -0.05) is 11.6 Å². The first kappa shape index (κ1) is 12.7. The predicted octanol–water partition coefficient (Wildman–Crippen LogP) is 3.03. The van der Waals surface area contributed by atoms with Crippen LogP contribution in [0.15, 0.2) is 12.1 Å². The Morgan fingerprint density at radius 2 is 2.12 bits per heavy atom. The van der Waals surface area contributed by atoms with Crippen molar-refractivity contribution in [2.75, 3.05) is 20.2 Å². The lowest BCUT2D eigenvalue weighted by Crippen LogP contribution is -2.28. The summed E-state index contributed by atoms with van der Waals surface area (Å²) < 4.78 is 18.8. The highest BCUT2D eigenvalue weighted by Gasteiger charge is 2.18. The smallest absolute Gasteiger partial charge is 0.166 e. The monoisotopic (exact) mass is 257 g/mol. The van der Waals surface area contributed by atoms with Gasteiger partial charge in [0.2, 0.25) is 0 Å². The fraction of sp³-hybridized carbons (Fsp3) is 0.538. The van der Waals surface area contributed by atoms with Crippen molar-refractivity contribution < 1.29 is 9.13 Å². The molecule has 0 atom stereocenters. The Kier molecular flexibility index (Phi) is 4.24. The van der Waals surface area contributed by atoms with Gasteiger partial charge in [0.05, 0.1) is 7.11 Å². The van der Waals surface area contributed by atoms with Gasteiger partial charge in [-0.05, 0) is 56.0 Å². The third kappa shape index (κ3) is 3.11. The topological polar surface area (TPSA) is 21.3 Å². The summed E-state index contributed by atoms with van der Waals surface area (Å²) in [4.78, 5) is 0. The van der Waals surface area contributed by atoms with Gasteiger partial charge < -0.3 is 10.1 Å². The first-order valence-corrected chi connectivity index (χ1v) is 6.31. The van der Waals surface area contributed by atoms with Crippen LogP contribution in [0.25, 0.3) is 0 Å². The molecule has 0 aliphatic carbocycles. The second-order valence-electron chi connectivity index (χ2n) is 4.48. The van der Waals surface area contributed by atoms with E-state index in [1.54, 1.807) is 0 Å². The van der Waals surface area contributed by atoms with Gasteiger partial charge in [-0.25, -0.2) is 4.39 Å². The van der Waals surface area contributed by atoms with Gasteiger partial charge in [-0.3, -0.25) is 0 Å². The van der Waals surface area contributed by atoms with Gasteiger partial charge >= 0.3 is 0 Å². The van der Waals surface area contributed by atoms with E-state index in [9.17, 15) is 4.39 Å². The molecule has 1 aliphatic heterocycles. The second kappa shape index (κ2) is 5.69. The van der Waals surface area contributed by atoms with Crippen LogP contribution in [-0.2, 0) is 6.42 Å². The minimum absolute atomic E-state index is 0.341. The highest BCUT2D eigenvalue weighted by Crippen LogP contribution is 2.30. The highest BCUT2D eigenvalue weighted by molar-refractivity contribution is 6.30. The van der Waals surface area contributed by atoms with E-state index in [0.717, 1.165) is 37.9 Å². The number of benzene rings is 1. The van der Waals surface area contributed by atoms with E-state index < -0.39 is 0 Å². The molecule has 17 heavy (non-hydrogen) atoms. The van der Waals surface area contributed by atoms with Gasteiger partial charge in [0, 0.05) is 5.02 Å². The van der Waals surface area contributed by atoms with Crippen LogP contribution < -0.4 is 10.1 Å². The molecule has 0 aromatic heterocycles. The van der Waals surface area contributed by atoms with Crippen LogP contribution in [0.1, 0.15) is 18.4 Å². The Balaban J connectivity index is 2.18. The molecule has 0 radical (unpaired) electrons. The third-order valence-electron chi connectivity index (χ3n) is 3.26. The molecule has 1 aromatic carbocycles. The molecule has 1 N–H and O–H groups in total. The maximum atomic E-state index is 13.6. The summed E-state index contributed by atoms with van der Waals surface area (Å²) in [5.41, 5.74) is 0.879. The first-order chi connectivity index (χ1) is 8.20. The number of hydrogen-bond acceptors (Lipinski definition) is 2. The Hall–Kier alpha value is -0.800. The van der Waals surface area contributed by atoms with Crippen LogP contribution in [0.2, 0.25) is 5.02 Å². The summed E-state index contributed by atoms with van der Waals surface area (Å²) >= 11 is 5.89. The first-order valence-electron chi connectivity index (χ1n) is 5.93. The molecular formula is C13H17ClFNO. The zero-order chi connectivity index (χ0) is 12.3. The van der Waals surface area contributed by atoms with E-state index >= 15 is 0 Å². The SMILES string of the molecule is COc1c(F)cc(Cl)cc1CC1CCNCC1. The normalized spacial score (nSPS) is 17.1. The Morgan fingerprint density at radius 3 is 2.76 bits per heavy atom. The second-order valence-corrected chi connectivity index (χ2v) is 4.91. The third-order valence-corrected chi connectivity index (χ3v) is 3.47. The van der Waals surface area contributed by atoms with Crippen LogP contribution in [0.4, 0.5) is 4.39 Å². The van der Waals surface area contributed by atoms with E-state index in [1.807, 2.05) is 6.07 Å². The van der Waals surface area contributed by atoms with E-state index in [0.29, 0.717) is 16.7 Å². The predicted molar refractivity (Wildman–Crippen MR) is 67.3 cm³/mol. The lowest BCUT2D eigenvalue weighted by atomic mass is 9.90. The Bertz CT molecular complexity index is 391. The summed E-state index contributed by atoms with van der Waals surface area (Å²) in [5, 5.41) is 3.76. The molecule has 0 unspecified atom stereocenters. The molecule has 1 fully saturated rings. The standard InChI is InChI=1S/C13H17ClFNO/c1-17-13-10(7-11(14)8-12(13)15)6-9-2-4-16-5-3-9/h7-9,16H,2-6H2,1H3. The number of ether oxygens (including phenoxy) is 1. The average molecular weight is 258 g/mol. The lowest BCUT2D eigenvalue weighted by molar-refractivity contribution is 0.352. The molecule has 1 aromatic rings. The van der Waals surface area contributed by atoms with Gasteiger partial charge in [-0.2, -0.15) is 0 Å². The largest absolute Gasteiger partial charge is 0.493 e. The van der Waals surface area contributed by atoms with Crippen LogP contribution in [0, 0.1) is 11.7 Å². The van der Waals surface area contributed by atoms with Gasteiger partial charge in [0.25, 0.3) is 0 Å². The number of rotatable bonds is 3. The minimum Gasteiger partial charge on any atom is -0.493 e. The van der Waals surface area contributed by atoms with Crippen molar-refractivity contribution in [3.05, 3.63) is 28.5 Å². The van der Waals surface area contributed by atoms with E-state index in [2.05, 4.69) is 5.32 Å². The average Bonchev–Trinajstić information content (AvgIpc) is 2.30. The van der Waals surface area contributed by atoms with Crippen molar-refractivity contribution >= 4 is 11.6 Å². The Labute approximate surface area is 106 Å². The number of hydrogen-bond donors (Lipinski definition) is 1. The summed E-state index contributed by atoms with van der Waals surface area (Å²) in [7, 11) is 1.50. The molecule has 0 saturated carbocycles. The molecule has 0 bridgehead atoms. The van der Waals surface area contributed by atoms with Crippen molar-refractivity contribution in [3.63, 3.8) is 0 Å². The maximum Gasteiger partial charge on any atom is 0.166 e. The molecule has 1 aliphatic rings. The highest BCUT2D eigenvalue weighted by atomic mass is 35.5. The molecule has 1 saturated heterocycles. The van der Waals surface area contributed by atoms with Crippen molar-refractivity contribution in [1.29, 1.82) is 0 Å². The molecule has 2 rings (SSSR count). The van der Waals surface area contributed by atoms with Gasteiger partial charge in [-0.15, -0.1) is 0 Å². The van der Waals surface area contributed by atoms with Gasteiger partial charge in [0.1, 0.15) is 0 Å². The number of piperidine rings is 1. The minimum atomic E-state index is -0.371. The zero-order valence-corrected chi connectivity index (χ0v) is 10.7. The van der Waals surface area contributed by atoms with Crippen LogP contribution >= 0.6 is 11.6 Å². The van der Waals surface area contributed by atoms with Crippen molar-refractivity contribution in [2.45, 2.75) is 19.3 Å². The fourth-order valence-corrected chi connectivity index (χ4v) is 2.62. The quantitative estimate of drug-likeness (QED) is 0.899. The summed E-state index contributed by atoms with van der Waals surface area (Å²) in [6.07, 6.45) is 3.08. The van der Waals surface area contributed by atoms with Crippen molar-refractivity contribution in [3.8, 4) is 5.75 Å². The fourth-order valence-electron chi connectivity index (χ4n) is 2.39. The Morgan fingerprint density at radius 1 is 1.41 bits per heavy atom. The van der Waals surface area contributed by atoms with E-state index in [1.165, 1.54) is 13.2 Å². The zero-order valence-electron chi connectivity index (χ0n) is 9.93. The van der Waals surface area contributed by atoms with Crippen LogP contribution in [0.3, 0.4) is 0 Å². The summed E-state index contributed by atoms with van der Waals surface area (Å²) in [6.45, 7) is 2.08. The molecule has 4 heteroatoms. The number of halogens is 2. The van der Waals surface area contributed by atoms with Crippen molar-refractivity contribution in [1.82, 2.24) is 5.32 Å².